The average molecular weight is 231 g/mol. The molecule has 88 valence electrons. The van der Waals surface area contributed by atoms with E-state index in [1.807, 2.05) is 13.0 Å². The summed E-state index contributed by atoms with van der Waals surface area (Å²) in [5.74, 6) is -2.04. The maximum absolute atomic E-state index is 11.6. The number of hydrogen-bond acceptors (Lipinski definition) is 4. The summed E-state index contributed by atoms with van der Waals surface area (Å²) in [5, 5.41) is 11.2. The van der Waals surface area contributed by atoms with E-state index >= 15 is 0 Å². The Balaban J connectivity index is 2.88. The number of nitrogens with zero attached hydrogens (tertiary/aromatic N) is 2. The molecule has 1 unspecified atom stereocenters. The molecule has 0 aliphatic rings. The van der Waals surface area contributed by atoms with Gasteiger partial charge in [-0.25, -0.2) is 4.98 Å². The predicted octanol–water partition coefficient (Wildman–Crippen LogP) is 1.37. The minimum Gasteiger partial charge on any atom is -0.309 e. The van der Waals surface area contributed by atoms with Gasteiger partial charge in [-0.15, -0.1) is 0 Å². The maximum atomic E-state index is 11.6. The standard InChI is InChI=1S/C12H13N3O2/c1-7-4-8(2)14-11(5-7)15-12(17)10(6-13)9(3)16/h4-5,10H,1-3H3,(H,14,15,17). The van der Waals surface area contributed by atoms with Gasteiger partial charge in [0.15, 0.2) is 11.7 Å². The van der Waals surface area contributed by atoms with E-state index in [1.54, 1.807) is 19.1 Å². The zero-order valence-electron chi connectivity index (χ0n) is 9.94. The Morgan fingerprint density at radius 2 is 2.06 bits per heavy atom. The Bertz CT molecular complexity index is 483. The second-order valence-corrected chi connectivity index (χ2v) is 3.83. The number of ketones is 1. The molecule has 0 radical (unpaired) electrons. The number of hydrogen-bond donors (Lipinski definition) is 1. The van der Waals surface area contributed by atoms with Crippen LogP contribution in [0.1, 0.15) is 18.2 Å². The Kier molecular flexibility index (Phi) is 3.94. The van der Waals surface area contributed by atoms with Gasteiger partial charge in [0, 0.05) is 5.69 Å². The quantitative estimate of drug-likeness (QED) is 0.796. The van der Waals surface area contributed by atoms with Crippen LogP contribution in [0, 0.1) is 31.1 Å². The van der Waals surface area contributed by atoms with E-state index in [9.17, 15) is 9.59 Å². The fraction of sp³-hybridized carbons (Fsp3) is 0.333. The van der Waals surface area contributed by atoms with Crippen LogP contribution in [0.2, 0.25) is 0 Å². The lowest BCUT2D eigenvalue weighted by Gasteiger charge is -2.08. The topological polar surface area (TPSA) is 82.8 Å². The highest BCUT2D eigenvalue weighted by atomic mass is 16.2. The van der Waals surface area contributed by atoms with Gasteiger partial charge in [-0.2, -0.15) is 5.26 Å². The van der Waals surface area contributed by atoms with Crippen molar-refractivity contribution in [3.63, 3.8) is 0 Å². The third-order valence-corrected chi connectivity index (χ3v) is 2.15. The number of carbonyl (C=O) groups excluding carboxylic acids is 2. The summed E-state index contributed by atoms with van der Waals surface area (Å²) < 4.78 is 0. The van der Waals surface area contributed by atoms with Gasteiger partial charge in [0.05, 0.1) is 6.07 Å². The first-order chi connectivity index (χ1) is 7.93. The molecule has 1 aromatic heterocycles. The van der Waals surface area contributed by atoms with Crippen molar-refractivity contribution in [2.24, 2.45) is 5.92 Å². The van der Waals surface area contributed by atoms with Gasteiger partial charge in [0.25, 0.3) is 5.91 Å². The molecule has 0 fully saturated rings. The average Bonchev–Trinajstić information content (AvgIpc) is 2.15. The Hall–Kier alpha value is -2.22. The van der Waals surface area contributed by atoms with Crippen molar-refractivity contribution in [2.75, 3.05) is 5.32 Å². The van der Waals surface area contributed by atoms with Gasteiger partial charge in [0.1, 0.15) is 5.82 Å². The third kappa shape index (κ3) is 3.38. The van der Waals surface area contributed by atoms with Crippen molar-refractivity contribution in [1.29, 1.82) is 5.26 Å². The smallest absolute Gasteiger partial charge is 0.250 e. The van der Waals surface area contributed by atoms with E-state index in [0.717, 1.165) is 11.3 Å². The van der Waals surface area contributed by atoms with Gasteiger partial charge in [-0.05, 0) is 38.5 Å². The first-order valence-corrected chi connectivity index (χ1v) is 5.10. The summed E-state index contributed by atoms with van der Waals surface area (Å²) in [6.07, 6.45) is 0. The molecule has 0 saturated carbocycles. The van der Waals surface area contributed by atoms with Crippen LogP contribution >= 0.6 is 0 Å². The first-order valence-electron chi connectivity index (χ1n) is 5.10. The second-order valence-electron chi connectivity index (χ2n) is 3.83. The van der Waals surface area contributed by atoms with E-state index < -0.39 is 17.6 Å². The number of aryl methyl sites for hydroxylation is 2. The fourth-order valence-corrected chi connectivity index (χ4v) is 1.44. The van der Waals surface area contributed by atoms with Gasteiger partial charge < -0.3 is 5.32 Å². The molecule has 1 aromatic rings. The van der Waals surface area contributed by atoms with Crippen LogP contribution in [-0.4, -0.2) is 16.7 Å². The van der Waals surface area contributed by atoms with Crippen molar-refractivity contribution in [3.8, 4) is 6.07 Å². The number of amides is 1. The van der Waals surface area contributed by atoms with Crippen LogP contribution in [0.4, 0.5) is 5.82 Å². The van der Waals surface area contributed by atoms with E-state index in [2.05, 4.69) is 10.3 Å². The molecule has 1 rings (SSSR count). The fourth-order valence-electron chi connectivity index (χ4n) is 1.44. The number of anilines is 1. The van der Waals surface area contributed by atoms with Gasteiger partial charge in [-0.3, -0.25) is 9.59 Å². The molecular weight excluding hydrogens is 218 g/mol. The van der Waals surface area contributed by atoms with Crippen molar-refractivity contribution in [3.05, 3.63) is 23.4 Å². The number of carbonyl (C=O) groups is 2. The van der Waals surface area contributed by atoms with Crippen LogP contribution in [-0.2, 0) is 9.59 Å². The minimum absolute atomic E-state index is 0.356. The largest absolute Gasteiger partial charge is 0.309 e. The minimum atomic E-state index is -1.28. The van der Waals surface area contributed by atoms with Crippen LogP contribution in [0.3, 0.4) is 0 Å². The molecular formula is C12H13N3O2. The highest BCUT2D eigenvalue weighted by Crippen LogP contribution is 2.10. The van der Waals surface area contributed by atoms with Crippen LogP contribution in [0.15, 0.2) is 12.1 Å². The molecule has 5 nitrogen and oxygen atoms in total. The summed E-state index contributed by atoms with van der Waals surface area (Å²) in [7, 11) is 0. The lowest BCUT2D eigenvalue weighted by atomic mass is 10.1. The molecule has 5 heteroatoms. The molecule has 1 amide bonds. The highest BCUT2D eigenvalue weighted by Gasteiger charge is 2.23. The third-order valence-electron chi connectivity index (χ3n) is 2.15. The van der Waals surface area contributed by atoms with Crippen LogP contribution in [0.5, 0.6) is 0 Å². The first kappa shape index (κ1) is 12.8. The van der Waals surface area contributed by atoms with Gasteiger partial charge in [0.2, 0.25) is 0 Å². The Morgan fingerprint density at radius 1 is 1.41 bits per heavy atom. The summed E-state index contributed by atoms with van der Waals surface area (Å²) in [6.45, 7) is 4.88. The molecule has 0 saturated heterocycles. The van der Waals surface area contributed by atoms with Crippen LogP contribution < -0.4 is 5.32 Å². The van der Waals surface area contributed by atoms with E-state index in [1.165, 1.54) is 6.92 Å². The normalized spacial score (nSPS) is 11.4. The van der Waals surface area contributed by atoms with Crippen molar-refractivity contribution >= 4 is 17.5 Å². The number of nitrogens with one attached hydrogen (secondary N) is 1. The van der Waals surface area contributed by atoms with E-state index in [0.29, 0.717) is 5.82 Å². The van der Waals surface area contributed by atoms with E-state index in [-0.39, 0.29) is 0 Å². The molecule has 1 heterocycles. The van der Waals surface area contributed by atoms with Crippen molar-refractivity contribution in [2.45, 2.75) is 20.8 Å². The highest BCUT2D eigenvalue weighted by molar-refractivity contribution is 6.08. The molecule has 0 spiro atoms. The van der Waals surface area contributed by atoms with E-state index in [4.69, 9.17) is 5.26 Å². The summed E-state index contributed by atoms with van der Waals surface area (Å²) in [6, 6.07) is 5.20. The molecule has 1 atom stereocenters. The number of rotatable bonds is 3. The van der Waals surface area contributed by atoms with Crippen molar-refractivity contribution < 1.29 is 9.59 Å². The zero-order chi connectivity index (χ0) is 13.0. The Labute approximate surface area is 99.5 Å². The molecule has 17 heavy (non-hydrogen) atoms. The molecule has 0 aliphatic heterocycles. The number of pyridine rings is 1. The molecule has 0 aliphatic carbocycles. The van der Waals surface area contributed by atoms with Crippen LogP contribution in [0.25, 0.3) is 0 Å². The predicted molar refractivity (Wildman–Crippen MR) is 62.1 cm³/mol. The SMILES string of the molecule is CC(=O)C(C#N)C(=O)Nc1cc(C)cc(C)n1. The monoisotopic (exact) mass is 231 g/mol. The summed E-state index contributed by atoms with van der Waals surface area (Å²) >= 11 is 0. The van der Waals surface area contributed by atoms with Crippen molar-refractivity contribution in [1.82, 2.24) is 4.98 Å². The zero-order valence-corrected chi connectivity index (χ0v) is 9.94. The second kappa shape index (κ2) is 5.21. The number of aromatic nitrogens is 1. The lowest BCUT2D eigenvalue weighted by Crippen LogP contribution is -2.27. The van der Waals surface area contributed by atoms with Gasteiger partial charge >= 0.3 is 0 Å². The summed E-state index contributed by atoms with van der Waals surface area (Å²) in [5.41, 5.74) is 1.71. The molecule has 1 N–H and O–H groups in total. The number of Topliss-reactive ketones (excluding diaryl/α,β-unsaturated/α-hetero) is 1. The number of nitriles is 1. The summed E-state index contributed by atoms with van der Waals surface area (Å²) in [4.78, 5) is 26.7. The molecule has 0 bridgehead atoms. The Morgan fingerprint density at radius 3 is 2.53 bits per heavy atom. The molecule has 0 aromatic carbocycles. The lowest BCUT2D eigenvalue weighted by molar-refractivity contribution is -0.127. The maximum Gasteiger partial charge on any atom is 0.250 e. The van der Waals surface area contributed by atoms with Gasteiger partial charge in [-0.1, -0.05) is 0 Å².